The molecule has 1 aliphatic heterocycles. The molecule has 70 valence electrons. The Morgan fingerprint density at radius 3 is 3.00 bits per heavy atom. The Kier molecular flexibility index (Phi) is 1.79. The number of rotatable bonds is 1. The number of nitrogen functional groups attached to an aromatic ring is 1. The van der Waals surface area contributed by atoms with Crippen molar-refractivity contribution < 1.29 is 9.47 Å². The van der Waals surface area contributed by atoms with Crippen molar-refractivity contribution >= 4 is 5.69 Å². The van der Waals surface area contributed by atoms with E-state index in [2.05, 4.69) is 0 Å². The van der Waals surface area contributed by atoms with Crippen LogP contribution in [-0.4, -0.2) is 13.2 Å². The van der Waals surface area contributed by atoms with Crippen molar-refractivity contribution in [1.82, 2.24) is 0 Å². The zero-order chi connectivity index (χ0) is 9.42. The lowest BCUT2D eigenvalue weighted by Gasteiger charge is -2.06. The lowest BCUT2D eigenvalue weighted by molar-refractivity contribution is 0.254. The Morgan fingerprint density at radius 2 is 2.31 bits per heavy atom. The van der Waals surface area contributed by atoms with Gasteiger partial charge >= 0.3 is 0 Å². The third-order valence-electron chi connectivity index (χ3n) is 2.25. The first-order valence-corrected chi connectivity index (χ1v) is 4.33. The van der Waals surface area contributed by atoms with Gasteiger partial charge in [-0.3, -0.25) is 0 Å². The zero-order valence-electron chi connectivity index (χ0n) is 7.83. The van der Waals surface area contributed by atoms with Crippen LogP contribution in [0.25, 0.3) is 0 Å². The van der Waals surface area contributed by atoms with E-state index in [1.54, 1.807) is 7.11 Å². The highest BCUT2D eigenvalue weighted by molar-refractivity contribution is 5.60. The number of fused-ring (bicyclic) bond motifs is 1. The summed E-state index contributed by atoms with van der Waals surface area (Å²) in [6, 6.07) is 3.78. The second kappa shape index (κ2) is 2.83. The highest BCUT2D eigenvalue weighted by Crippen LogP contribution is 2.35. The Hall–Kier alpha value is -1.38. The van der Waals surface area contributed by atoms with E-state index in [1.165, 1.54) is 5.56 Å². The summed E-state index contributed by atoms with van der Waals surface area (Å²) >= 11 is 0. The van der Waals surface area contributed by atoms with Crippen LogP contribution in [0.5, 0.6) is 11.5 Å². The van der Waals surface area contributed by atoms with Crippen LogP contribution in [0, 0.1) is 0 Å². The first kappa shape index (κ1) is 8.23. The molecule has 2 rings (SSSR count). The maximum Gasteiger partial charge on any atom is 0.142 e. The van der Waals surface area contributed by atoms with E-state index in [0.717, 1.165) is 17.9 Å². The highest BCUT2D eigenvalue weighted by atomic mass is 16.5. The number of ether oxygens (including phenoxy) is 2. The molecule has 1 aliphatic rings. The minimum absolute atomic E-state index is 0.251. The Balaban J connectivity index is 2.44. The van der Waals surface area contributed by atoms with Gasteiger partial charge in [0.15, 0.2) is 0 Å². The fourth-order valence-electron chi connectivity index (χ4n) is 1.63. The molecule has 0 spiro atoms. The Labute approximate surface area is 77.5 Å². The zero-order valence-corrected chi connectivity index (χ0v) is 7.83. The molecule has 1 aromatic carbocycles. The predicted octanol–water partition coefficient (Wildman–Crippen LogP) is 1.60. The summed E-state index contributed by atoms with van der Waals surface area (Å²) in [5.41, 5.74) is 7.56. The standard InChI is InChI=1S/C10H13NO2/c1-6-3-7-4-10(12-2)8(11)5-9(7)13-6/h4-6H,3,11H2,1-2H3/t6-/m0/s1. The normalized spacial score (nSPS) is 19.4. The van der Waals surface area contributed by atoms with Crippen molar-refractivity contribution in [3.8, 4) is 11.5 Å². The number of hydrogen-bond donors (Lipinski definition) is 1. The van der Waals surface area contributed by atoms with E-state index >= 15 is 0 Å². The molecule has 0 aromatic heterocycles. The van der Waals surface area contributed by atoms with E-state index < -0.39 is 0 Å². The first-order chi connectivity index (χ1) is 6.20. The molecular weight excluding hydrogens is 166 g/mol. The van der Waals surface area contributed by atoms with Gasteiger partial charge in [0.05, 0.1) is 12.8 Å². The molecule has 0 aliphatic carbocycles. The van der Waals surface area contributed by atoms with Gasteiger partial charge in [-0.2, -0.15) is 0 Å². The van der Waals surface area contributed by atoms with Crippen LogP contribution in [0.3, 0.4) is 0 Å². The van der Waals surface area contributed by atoms with Crippen molar-refractivity contribution in [2.45, 2.75) is 19.4 Å². The minimum atomic E-state index is 0.251. The van der Waals surface area contributed by atoms with E-state index in [4.69, 9.17) is 15.2 Å². The van der Waals surface area contributed by atoms with E-state index in [-0.39, 0.29) is 6.10 Å². The maximum atomic E-state index is 5.74. The molecule has 3 nitrogen and oxygen atoms in total. The van der Waals surface area contributed by atoms with Crippen molar-refractivity contribution in [3.63, 3.8) is 0 Å². The molecule has 3 heteroatoms. The third kappa shape index (κ3) is 1.30. The average molecular weight is 179 g/mol. The number of methoxy groups -OCH3 is 1. The van der Waals surface area contributed by atoms with Gasteiger partial charge < -0.3 is 15.2 Å². The summed E-state index contributed by atoms with van der Waals surface area (Å²) < 4.78 is 10.7. The molecule has 2 N–H and O–H groups in total. The molecule has 0 fully saturated rings. The van der Waals surface area contributed by atoms with E-state index in [0.29, 0.717) is 5.69 Å². The van der Waals surface area contributed by atoms with Gasteiger partial charge in [0.2, 0.25) is 0 Å². The molecule has 0 saturated carbocycles. The second-order valence-electron chi connectivity index (χ2n) is 3.33. The van der Waals surface area contributed by atoms with Crippen LogP contribution in [0.4, 0.5) is 5.69 Å². The Morgan fingerprint density at radius 1 is 1.54 bits per heavy atom. The molecule has 0 saturated heterocycles. The molecule has 1 heterocycles. The van der Waals surface area contributed by atoms with Crippen molar-refractivity contribution in [3.05, 3.63) is 17.7 Å². The summed E-state index contributed by atoms with van der Waals surface area (Å²) in [6.07, 6.45) is 1.19. The average Bonchev–Trinajstić information content (AvgIpc) is 2.42. The molecular formula is C10H13NO2. The number of hydrogen-bond acceptors (Lipinski definition) is 3. The van der Waals surface area contributed by atoms with Gasteiger partial charge in [-0.15, -0.1) is 0 Å². The lowest BCUT2D eigenvalue weighted by Crippen LogP contribution is -2.05. The van der Waals surface area contributed by atoms with Crippen LogP contribution in [0.2, 0.25) is 0 Å². The molecule has 1 atom stereocenters. The summed E-state index contributed by atoms with van der Waals surface area (Å²) in [5, 5.41) is 0. The smallest absolute Gasteiger partial charge is 0.142 e. The quantitative estimate of drug-likeness (QED) is 0.666. The highest BCUT2D eigenvalue weighted by Gasteiger charge is 2.20. The van der Waals surface area contributed by atoms with Gasteiger partial charge in [0.25, 0.3) is 0 Å². The number of anilines is 1. The van der Waals surface area contributed by atoms with Crippen molar-refractivity contribution in [2.24, 2.45) is 0 Å². The van der Waals surface area contributed by atoms with Crippen LogP contribution < -0.4 is 15.2 Å². The summed E-state index contributed by atoms with van der Waals surface area (Å²) in [5.74, 6) is 1.63. The van der Waals surface area contributed by atoms with E-state index in [9.17, 15) is 0 Å². The maximum absolute atomic E-state index is 5.74. The molecule has 0 bridgehead atoms. The predicted molar refractivity (Wildman–Crippen MR) is 51.2 cm³/mol. The topological polar surface area (TPSA) is 44.5 Å². The van der Waals surface area contributed by atoms with Crippen molar-refractivity contribution in [2.75, 3.05) is 12.8 Å². The van der Waals surface area contributed by atoms with Crippen LogP contribution in [0.1, 0.15) is 12.5 Å². The van der Waals surface area contributed by atoms with Crippen molar-refractivity contribution in [1.29, 1.82) is 0 Å². The summed E-state index contributed by atoms with van der Waals surface area (Å²) in [4.78, 5) is 0. The van der Waals surface area contributed by atoms with Gasteiger partial charge in [-0.1, -0.05) is 0 Å². The molecule has 0 radical (unpaired) electrons. The van der Waals surface area contributed by atoms with Gasteiger partial charge in [0.1, 0.15) is 17.6 Å². The monoisotopic (exact) mass is 179 g/mol. The summed E-state index contributed by atoms with van der Waals surface area (Å²) in [7, 11) is 1.62. The lowest BCUT2D eigenvalue weighted by atomic mass is 10.1. The Bertz CT molecular complexity index is 336. The minimum Gasteiger partial charge on any atom is -0.495 e. The number of nitrogens with two attached hydrogens (primary N) is 1. The van der Waals surface area contributed by atoms with Crippen LogP contribution in [0.15, 0.2) is 12.1 Å². The van der Waals surface area contributed by atoms with Gasteiger partial charge in [-0.05, 0) is 13.0 Å². The fraction of sp³-hybridized carbons (Fsp3) is 0.400. The number of benzene rings is 1. The van der Waals surface area contributed by atoms with Gasteiger partial charge in [-0.25, -0.2) is 0 Å². The largest absolute Gasteiger partial charge is 0.495 e. The van der Waals surface area contributed by atoms with Crippen LogP contribution >= 0.6 is 0 Å². The third-order valence-corrected chi connectivity index (χ3v) is 2.25. The van der Waals surface area contributed by atoms with E-state index in [1.807, 2.05) is 19.1 Å². The molecule has 1 aromatic rings. The molecule has 0 unspecified atom stereocenters. The first-order valence-electron chi connectivity index (χ1n) is 4.33. The van der Waals surface area contributed by atoms with Gasteiger partial charge in [0, 0.05) is 18.1 Å². The SMILES string of the molecule is COc1cc2c(cc1N)O[C@@H](C)C2. The molecule has 13 heavy (non-hydrogen) atoms. The second-order valence-corrected chi connectivity index (χ2v) is 3.33. The summed E-state index contributed by atoms with van der Waals surface area (Å²) in [6.45, 7) is 2.04. The van der Waals surface area contributed by atoms with Crippen LogP contribution in [-0.2, 0) is 6.42 Å². The fourth-order valence-corrected chi connectivity index (χ4v) is 1.63. The molecule has 0 amide bonds.